The van der Waals surface area contributed by atoms with Crippen LogP contribution in [0.25, 0.3) is 0 Å². The Bertz CT molecular complexity index is 124. The molecule has 0 spiro atoms. The summed E-state index contributed by atoms with van der Waals surface area (Å²) in [5.41, 5.74) is 0. The molecule has 0 amide bonds. The minimum absolute atomic E-state index is 0.564. The molecular weight excluding hydrogens is 214 g/mol. The Kier molecular flexibility index (Phi) is 6.33. The molecule has 0 N–H and O–H groups in total. The lowest BCUT2D eigenvalue weighted by Crippen LogP contribution is -1.92. The standard InChI is InChI=1S/C6H14O5P2/c1-3-7-12(8-4-2)11-13-9-5-6-10-13/h3-6H2,1-2H3. The highest BCUT2D eigenvalue weighted by Gasteiger charge is 2.25. The van der Waals surface area contributed by atoms with Gasteiger partial charge in [0.2, 0.25) is 0 Å². The normalized spacial score (nSPS) is 18.7. The van der Waals surface area contributed by atoms with Crippen molar-refractivity contribution in [2.24, 2.45) is 0 Å². The van der Waals surface area contributed by atoms with Gasteiger partial charge in [0.15, 0.2) is 0 Å². The molecule has 0 atom stereocenters. The molecule has 0 saturated carbocycles. The smallest absolute Gasteiger partial charge is 0.312 e. The highest BCUT2D eigenvalue weighted by atomic mass is 31.2. The van der Waals surface area contributed by atoms with Crippen LogP contribution in [0, 0.1) is 0 Å². The van der Waals surface area contributed by atoms with E-state index in [0.717, 1.165) is 0 Å². The molecule has 1 fully saturated rings. The largest absolute Gasteiger partial charge is 0.340 e. The maximum Gasteiger partial charge on any atom is 0.340 e. The van der Waals surface area contributed by atoms with Crippen molar-refractivity contribution in [2.75, 3.05) is 26.4 Å². The van der Waals surface area contributed by atoms with Gasteiger partial charge in [-0.3, -0.25) is 0 Å². The SMILES string of the molecule is CCOP(OCC)OP1OCCO1. The first-order valence-electron chi connectivity index (χ1n) is 4.16. The third kappa shape index (κ3) is 4.61. The fourth-order valence-corrected chi connectivity index (χ4v) is 2.87. The maximum absolute atomic E-state index is 5.33. The Balaban J connectivity index is 2.19. The number of rotatable bonds is 6. The van der Waals surface area contributed by atoms with Gasteiger partial charge in [-0.05, 0) is 13.8 Å². The lowest BCUT2D eigenvalue weighted by atomic mass is 10.8. The van der Waals surface area contributed by atoms with Crippen molar-refractivity contribution in [3.8, 4) is 0 Å². The van der Waals surface area contributed by atoms with Crippen LogP contribution >= 0.6 is 17.2 Å². The van der Waals surface area contributed by atoms with Crippen LogP contribution in [-0.2, 0) is 22.4 Å². The van der Waals surface area contributed by atoms with Gasteiger partial charge < -0.3 is 18.1 Å². The molecule has 1 aliphatic rings. The van der Waals surface area contributed by atoms with Gasteiger partial charge in [0.25, 0.3) is 0 Å². The Morgan fingerprint density at radius 2 is 1.69 bits per heavy atom. The second-order valence-corrected chi connectivity index (χ2v) is 4.61. The van der Waals surface area contributed by atoms with Crippen LogP contribution in [0.15, 0.2) is 0 Å². The Morgan fingerprint density at radius 1 is 1.15 bits per heavy atom. The molecule has 1 heterocycles. The molecule has 1 saturated heterocycles. The van der Waals surface area contributed by atoms with Crippen molar-refractivity contribution in [1.82, 2.24) is 0 Å². The fourth-order valence-electron chi connectivity index (χ4n) is 0.658. The van der Waals surface area contributed by atoms with E-state index in [2.05, 4.69) is 0 Å². The van der Waals surface area contributed by atoms with Crippen molar-refractivity contribution in [1.29, 1.82) is 0 Å². The summed E-state index contributed by atoms with van der Waals surface area (Å²) in [5, 5.41) is 0. The van der Waals surface area contributed by atoms with Crippen LogP contribution in [-0.4, -0.2) is 26.4 Å². The number of hydrogen-bond donors (Lipinski definition) is 0. The first-order valence-corrected chi connectivity index (χ1v) is 6.36. The van der Waals surface area contributed by atoms with Crippen molar-refractivity contribution < 1.29 is 22.4 Å². The van der Waals surface area contributed by atoms with Crippen LogP contribution in [0.3, 0.4) is 0 Å². The first-order chi connectivity index (χ1) is 6.36. The zero-order valence-corrected chi connectivity index (χ0v) is 9.55. The summed E-state index contributed by atoms with van der Waals surface area (Å²) < 4.78 is 26.1. The average Bonchev–Trinajstić information content (AvgIpc) is 2.58. The molecule has 0 aliphatic carbocycles. The van der Waals surface area contributed by atoms with E-state index in [0.29, 0.717) is 26.4 Å². The summed E-state index contributed by atoms with van der Waals surface area (Å²) >= 11 is 0. The van der Waals surface area contributed by atoms with Crippen LogP contribution in [0.5, 0.6) is 0 Å². The lowest BCUT2D eigenvalue weighted by molar-refractivity contribution is 0.211. The van der Waals surface area contributed by atoms with E-state index in [-0.39, 0.29) is 0 Å². The molecule has 7 heteroatoms. The van der Waals surface area contributed by atoms with Gasteiger partial charge in [0, 0.05) is 0 Å². The summed E-state index contributed by atoms with van der Waals surface area (Å²) in [6, 6.07) is 0. The summed E-state index contributed by atoms with van der Waals surface area (Å²) in [7, 11) is -2.52. The van der Waals surface area contributed by atoms with Crippen molar-refractivity contribution >= 4 is 17.2 Å². The van der Waals surface area contributed by atoms with Gasteiger partial charge in [-0.1, -0.05) is 0 Å². The third-order valence-electron chi connectivity index (χ3n) is 1.08. The predicted molar refractivity (Wildman–Crippen MR) is 50.1 cm³/mol. The highest BCUT2D eigenvalue weighted by molar-refractivity contribution is 7.55. The Hall–Kier alpha value is 0.660. The molecule has 1 aliphatic heterocycles. The van der Waals surface area contributed by atoms with Crippen LogP contribution in [0.1, 0.15) is 13.8 Å². The molecule has 13 heavy (non-hydrogen) atoms. The molecule has 0 aromatic carbocycles. The molecular formula is C6H14O5P2. The van der Waals surface area contributed by atoms with Crippen LogP contribution < -0.4 is 0 Å². The van der Waals surface area contributed by atoms with Gasteiger partial charge in [-0.2, -0.15) is 0 Å². The topological polar surface area (TPSA) is 46.2 Å². The zero-order valence-electron chi connectivity index (χ0n) is 7.76. The Morgan fingerprint density at radius 3 is 2.15 bits per heavy atom. The molecule has 0 unspecified atom stereocenters. The van der Waals surface area contributed by atoms with E-state index in [9.17, 15) is 0 Å². The van der Waals surface area contributed by atoms with Gasteiger partial charge in [0.05, 0.1) is 26.4 Å². The van der Waals surface area contributed by atoms with E-state index in [4.69, 9.17) is 22.4 Å². The van der Waals surface area contributed by atoms with Gasteiger partial charge in [-0.25, -0.2) is 4.31 Å². The Labute approximate surface area is 80.6 Å². The lowest BCUT2D eigenvalue weighted by Gasteiger charge is -2.16. The fraction of sp³-hybridized carbons (Fsp3) is 1.00. The molecule has 5 nitrogen and oxygen atoms in total. The van der Waals surface area contributed by atoms with E-state index in [1.165, 1.54) is 0 Å². The molecule has 0 aromatic heterocycles. The predicted octanol–water partition coefficient (Wildman–Crippen LogP) is 2.58. The highest BCUT2D eigenvalue weighted by Crippen LogP contribution is 2.57. The van der Waals surface area contributed by atoms with E-state index >= 15 is 0 Å². The summed E-state index contributed by atoms with van der Waals surface area (Å²) in [5.74, 6) is 0. The van der Waals surface area contributed by atoms with Gasteiger partial charge >= 0.3 is 17.2 Å². The molecule has 0 aromatic rings. The monoisotopic (exact) mass is 228 g/mol. The second kappa shape index (κ2) is 7.02. The molecule has 78 valence electrons. The van der Waals surface area contributed by atoms with Crippen molar-refractivity contribution in [3.05, 3.63) is 0 Å². The van der Waals surface area contributed by atoms with Gasteiger partial charge in [0.1, 0.15) is 0 Å². The van der Waals surface area contributed by atoms with E-state index in [1.54, 1.807) is 0 Å². The summed E-state index contributed by atoms with van der Waals surface area (Å²) in [4.78, 5) is 0. The van der Waals surface area contributed by atoms with Crippen molar-refractivity contribution in [3.63, 3.8) is 0 Å². The van der Waals surface area contributed by atoms with Crippen molar-refractivity contribution in [2.45, 2.75) is 13.8 Å². The van der Waals surface area contributed by atoms with Gasteiger partial charge in [-0.15, -0.1) is 0 Å². The third-order valence-corrected chi connectivity index (χ3v) is 3.87. The first kappa shape index (κ1) is 11.7. The molecule has 1 rings (SSSR count). The average molecular weight is 228 g/mol. The minimum Gasteiger partial charge on any atom is -0.312 e. The molecule has 0 bridgehead atoms. The summed E-state index contributed by atoms with van der Waals surface area (Å²) in [6.45, 7) is 6.09. The van der Waals surface area contributed by atoms with Crippen LogP contribution in [0.2, 0.25) is 0 Å². The van der Waals surface area contributed by atoms with Crippen LogP contribution in [0.4, 0.5) is 0 Å². The van der Waals surface area contributed by atoms with E-state index < -0.39 is 17.2 Å². The van der Waals surface area contributed by atoms with E-state index in [1.807, 2.05) is 13.8 Å². The molecule has 0 radical (unpaired) electrons. The minimum atomic E-state index is -1.29. The second-order valence-electron chi connectivity index (χ2n) is 2.03. The maximum atomic E-state index is 5.33. The zero-order chi connectivity index (χ0) is 9.52. The summed E-state index contributed by atoms with van der Waals surface area (Å²) in [6.07, 6.45) is 0. The number of hydrogen-bond acceptors (Lipinski definition) is 5. The quantitative estimate of drug-likeness (QED) is 0.654.